The third kappa shape index (κ3) is 4.70. The van der Waals surface area contributed by atoms with Gasteiger partial charge in [0, 0.05) is 0 Å². The van der Waals surface area contributed by atoms with Gasteiger partial charge in [0.1, 0.15) is 12.4 Å². The van der Waals surface area contributed by atoms with Crippen molar-refractivity contribution in [3.8, 4) is 5.75 Å². The molecule has 0 saturated heterocycles. The zero-order valence-corrected chi connectivity index (χ0v) is 9.50. The van der Waals surface area contributed by atoms with Crippen LogP contribution >= 0.6 is 0 Å². The van der Waals surface area contributed by atoms with E-state index in [-0.39, 0.29) is 13.0 Å². The molecule has 0 aliphatic rings. The highest BCUT2D eigenvalue weighted by atomic mass is 16.5. The molecule has 1 atom stereocenters. The lowest BCUT2D eigenvalue weighted by atomic mass is 10.1. The smallest absolute Gasteiger partial charge is 0.306 e. The van der Waals surface area contributed by atoms with E-state index in [4.69, 9.17) is 9.84 Å². The molecule has 17 heavy (non-hydrogen) atoms. The van der Waals surface area contributed by atoms with Crippen LogP contribution in [0, 0.1) is 0 Å². The van der Waals surface area contributed by atoms with Crippen molar-refractivity contribution >= 4 is 5.97 Å². The number of hydrogen-bond acceptors (Lipinski definition) is 3. The van der Waals surface area contributed by atoms with Gasteiger partial charge < -0.3 is 14.9 Å². The lowest BCUT2D eigenvalue weighted by Crippen LogP contribution is -2.21. The third-order valence-electron chi connectivity index (χ3n) is 2.18. The van der Waals surface area contributed by atoms with Crippen LogP contribution in [0.25, 0.3) is 0 Å². The van der Waals surface area contributed by atoms with Crippen LogP contribution in [0.2, 0.25) is 0 Å². The molecule has 92 valence electrons. The summed E-state index contributed by atoms with van der Waals surface area (Å²) in [7, 11) is 0. The molecular formula is C13H16O4. The second-order valence-corrected chi connectivity index (χ2v) is 3.66. The molecule has 2 N–H and O–H groups in total. The first-order chi connectivity index (χ1) is 8.13. The molecule has 0 fully saturated rings. The van der Waals surface area contributed by atoms with Crippen molar-refractivity contribution in [3.63, 3.8) is 0 Å². The van der Waals surface area contributed by atoms with E-state index in [1.165, 1.54) is 0 Å². The van der Waals surface area contributed by atoms with Gasteiger partial charge in [-0.1, -0.05) is 24.3 Å². The van der Waals surface area contributed by atoms with E-state index in [2.05, 4.69) is 6.58 Å². The quantitative estimate of drug-likeness (QED) is 0.706. The van der Waals surface area contributed by atoms with E-state index in [9.17, 15) is 9.90 Å². The Bertz CT molecular complexity index is 387. The second kappa shape index (κ2) is 6.70. The number of hydrogen-bond donors (Lipinski definition) is 2. The van der Waals surface area contributed by atoms with E-state index < -0.39 is 12.1 Å². The topological polar surface area (TPSA) is 66.8 Å². The standard InChI is InChI=1S/C13H16O4/c1-2-5-10-6-3-4-7-12(10)17-9-11(14)8-13(15)16/h2-4,6-7,11,14H,1,5,8-9H2,(H,15,16)/t11-/m0/s1. The van der Waals surface area contributed by atoms with Crippen molar-refractivity contribution in [2.75, 3.05) is 6.61 Å². The van der Waals surface area contributed by atoms with Crippen LogP contribution in [-0.4, -0.2) is 28.9 Å². The molecule has 0 spiro atoms. The Morgan fingerprint density at radius 3 is 2.82 bits per heavy atom. The number of ether oxygens (including phenoxy) is 1. The fraction of sp³-hybridized carbons (Fsp3) is 0.308. The number of rotatable bonds is 7. The van der Waals surface area contributed by atoms with Gasteiger partial charge in [-0.2, -0.15) is 0 Å². The molecule has 0 heterocycles. The maximum Gasteiger partial charge on any atom is 0.306 e. The van der Waals surface area contributed by atoms with Gasteiger partial charge in [-0.05, 0) is 18.1 Å². The number of allylic oxidation sites excluding steroid dienone is 1. The predicted molar refractivity (Wildman–Crippen MR) is 64.1 cm³/mol. The Kier molecular flexibility index (Phi) is 5.23. The molecule has 0 aliphatic carbocycles. The summed E-state index contributed by atoms with van der Waals surface area (Å²) in [6.07, 6.45) is 1.12. The molecular weight excluding hydrogens is 220 g/mol. The largest absolute Gasteiger partial charge is 0.491 e. The van der Waals surface area contributed by atoms with Crippen LogP contribution in [0.4, 0.5) is 0 Å². The SMILES string of the molecule is C=CCc1ccccc1OC[C@@H](O)CC(=O)O. The Morgan fingerprint density at radius 1 is 1.47 bits per heavy atom. The van der Waals surface area contributed by atoms with E-state index in [1.54, 1.807) is 12.1 Å². The van der Waals surface area contributed by atoms with Crippen molar-refractivity contribution in [1.82, 2.24) is 0 Å². The van der Waals surface area contributed by atoms with Gasteiger partial charge in [0.2, 0.25) is 0 Å². The van der Waals surface area contributed by atoms with Crippen LogP contribution in [0.1, 0.15) is 12.0 Å². The van der Waals surface area contributed by atoms with Crippen LogP contribution < -0.4 is 4.74 Å². The average Bonchev–Trinajstić information content (AvgIpc) is 2.27. The Balaban J connectivity index is 2.56. The summed E-state index contributed by atoms with van der Waals surface area (Å²) < 4.78 is 5.39. The van der Waals surface area contributed by atoms with Crippen molar-refractivity contribution < 1.29 is 19.7 Å². The molecule has 4 heteroatoms. The van der Waals surface area contributed by atoms with Crippen LogP contribution in [0.3, 0.4) is 0 Å². The number of carboxylic acid groups (broad SMARTS) is 1. The minimum Gasteiger partial charge on any atom is -0.491 e. The first kappa shape index (κ1) is 13.3. The number of carbonyl (C=O) groups is 1. The average molecular weight is 236 g/mol. The Morgan fingerprint density at radius 2 is 2.18 bits per heavy atom. The number of aliphatic hydroxyl groups excluding tert-OH is 1. The molecule has 4 nitrogen and oxygen atoms in total. The van der Waals surface area contributed by atoms with Gasteiger partial charge in [-0.15, -0.1) is 6.58 Å². The summed E-state index contributed by atoms with van der Waals surface area (Å²) in [6, 6.07) is 7.40. The second-order valence-electron chi connectivity index (χ2n) is 3.66. The van der Waals surface area contributed by atoms with Gasteiger partial charge in [0.25, 0.3) is 0 Å². The van der Waals surface area contributed by atoms with E-state index in [0.29, 0.717) is 12.2 Å². The summed E-state index contributed by atoms with van der Waals surface area (Å²) >= 11 is 0. The van der Waals surface area contributed by atoms with Crippen molar-refractivity contribution in [2.24, 2.45) is 0 Å². The molecule has 1 rings (SSSR count). The highest BCUT2D eigenvalue weighted by Gasteiger charge is 2.11. The first-order valence-electron chi connectivity index (χ1n) is 5.35. The minimum atomic E-state index is -1.04. The number of aliphatic carboxylic acids is 1. The Labute approximate surface area is 100 Å². The molecule has 1 aromatic carbocycles. The first-order valence-corrected chi connectivity index (χ1v) is 5.35. The molecule has 0 amide bonds. The number of benzene rings is 1. The van der Waals surface area contributed by atoms with Crippen molar-refractivity contribution in [3.05, 3.63) is 42.5 Å². The maximum atomic E-state index is 10.4. The highest BCUT2D eigenvalue weighted by molar-refractivity contribution is 5.67. The molecule has 0 aliphatic heterocycles. The zero-order valence-electron chi connectivity index (χ0n) is 9.50. The third-order valence-corrected chi connectivity index (χ3v) is 2.18. The maximum absolute atomic E-state index is 10.4. The minimum absolute atomic E-state index is 0.0273. The van der Waals surface area contributed by atoms with E-state index in [1.807, 2.05) is 18.2 Å². The fourth-order valence-electron chi connectivity index (χ4n) is 1.42. The summed E-state index contributed by atoms with van der Waals surface area (Å²) in [6.45, 7) is 3.62. The number of carboxylic acids is 1. The summed E-state index contributed by atoms with van der Waals surface area (Å²) in [5.41, 5.74) is 0.963. The molecule has 1 aromatic rings. The monoisotopic (exact) mass is 236 g/mol. The van der Waals surface area contributed by atoms with Crippen molar-refractivity contribution in [1.29, 1.82) is 0 Å². The molecule has 0 bridgehead atoms. The van der Waals surface area contributed by atoms with Gasteiger partial charge in [-0.25, -0.2) is 0 Å². The lowest BCUT2D eigenvalue weighted by molar-refractivity contribution is -0.139. The lowest BCUT2D eigenvalue weighted by Gasteiger charge is -2.13. The number of para-hydroxylation sites is 1. The van der Waals surface area contributed by atoms with Gasteiger partial charge in [-0.3, -0.25) is 4.79 Å². The molecule has 0 saturated carbocycles. The fourth-order valence-corrected chi connectivity index (χ4v) is 1.42. The molecule has 0 radical (unpaired) electrons. The summed E-state index contributed by atoms with van der Waals surface area (Å²) in [4.78, 5) is 10.4. The summed E-state index contributed by atoms with van der Waals surface area (Å²) in [5.74, 6) is -0.391. The van der Waals surface area contributed by atoms with Crippen molar-refractivity contribution in [2.45, 2.75) is 18.9 Å². The van der Waals surface area contributed by atoms with Crippen LogP contribution in [0.15, 0.2) is 36.9 Å². The van der Waals surface area contributed by atoms with Gasteiger partial charge >= 0.3 is 5.97 Å². The Hall–Kier alpha value is -1.81. The molecule has 0 aromatic heterocycles. The zero-order chi connectivity index (χ0) is 12.7. The summed E-state index contributed by atoms with van der Waals surface area (Å²) in [5, 5.41) is 17.9. The highest BCUT2D eigenvalue weighted by Crippen LogP contribution is 2.19. The van der Waals surface area contributed by atoms with Gasteiger partial charge in [0.05, 0.1) is 12.5 Å². The number of aliphatic hydroxyl groups is 1. The molecule has 0 unspecified atom stereocenters. The van der Waals surface area contributed by atoms with Gasteiger partial charge in [0.15, 0.2) is 0 Å². The van der Waals surface area contributed by atoms with E-state index in [0.717, 1.165) is 5.56 Å². The normalized spacial score (nSPS) is 11.8. The van der Waals surface area contributed by atoms with E-state index >= 15 is 0 Å². The predicted octanol–water partition coefficient (Wildman–Crippen LogP) is 1.63. The van der Waals surface area contributed by atoms with Crippen LogP contribution in [-0.2, 0) is 11.2 Å². The van der Waals surface area contributed by atoms with Crippen LogP contribution in [0.5, 0.6) is 5.75 Å².